The number of hydrogen-bond acceptors (Lipinski definition) is 3. The van der Waals surface area contributed by atoms with Crippen molar-refractivity contribution in [3.05, 3.63) is 191 Å². The van der Waals surface area contributed by atoms with E-state index in [1.54, 1.807) is 24.4 Å². The Morgan fingerprint density at radius 2 is 1.26 bits per heavy atom. The van der Waals surface area contributed by atoms with Crippen molar-refractivity contribution >= 4 is 11.0 Å². The summed E-state index contributed by atoms with van der Waals surface area (Å²) in [5.74, 6) is 0.535. The molecule has 0 spiro atoms. The van der Waals surface area contributed by atoms with E-state index in [2.05, 4.69) is 79.7 Å². The summed E-state index contributed by atoms with van der Waals surface area (Å²) >= 11 is 0. The molecule has 0 radical (unpaired) electrons. The minimum atomic E-state index is -2.85. The third-order valence-corrected chi connectivity index (χ3v) is 13.0. The van der Waals surface area contributed by atoms with E-state index in [1.165, 1.54) is 0 Å². The number of para-hydroxylation sites is 1. The molecule has 9 aromatic rings. The van der Waals surface area contributed by atoms with Gasteiger partial charge in [0.2, 0.25) is 0 Å². The number of benzene rings is 7. The molecule has 9 rings (SSSR count). The van der Waals surface area contributed by atoms with Crippen LogP contribution in [0.25, 0.3) is 83.9 Å². The average molecular weight is 902 g/mol. The van der Waals surface area contributed by atoms with Gasteiger partial charge in [0.1, 0.15) is 11.6 Å². The van der Waals surface area contributed by atoms with Crippen molar-refractivity contribution in [2.75, 3.05) is 0 Å². The van der Waals surface area contributed by atoms with Gasteiger partial charge in [0.15, 0.2) is 0 Å². The van der Waals surface area contributed by atoms with Gasteiger partial charge in [-0.05, 0) is 146 Å². The average Bonchev–Trinajstić information content (AvgIpc) is 3.92. The molecule has 0 amide bonds. The van der Waals surface area contributed by atoms with Gasteiger partial charge in [0, 0.05) is 31.1 Å². The Bertz CT molecular complexity index is 3750. The fraction of sp³-hybridized carbons (Fsp3) is 0.250. The summed E-state index contributed by atoms with van der Waals surface area (Å²) in [6.45, 7) is 15.7. The molecule has 0 aliphatic carbocycles. The zero-order valence-corrected chi connectivity index (χ0v) is 40.6. The number of aryl methyl sites for hydroxylation is 1. The normalized spacial score (nSPS) is 14.6. The molecule has 0 atom stereocenters. The smallest absolute Gasteiger partial charge is 0.149 e. The summed E-state index contributed by atoms with van der Waals surface area (Å²) in [6, 6.07) is 39.0. The molecule has 4 heteroatoms. The van der Waals surface area contributed by atoms with Crippen LogP contribution in [0.15, 0.2) is 158 Å². The summed E-state index contributed by atoms with van der Waals surface area (Å²) in [5, 5.41) is 12.5. The predicted molar refractivity (Wildman–Crippen MR) is 288 cm³/mol. The lowest BCUT2D eigenvalue weighted by atomic mass is 9.83. The summed E-state index contributed by atoms with van der Waals surface area (Å²) < 4.78 is 88.2. The van der Waals surface area contributed by atoms with Gasteiger partial charge >= 0.3 is 0 Å². The van der Waals surface area contributed by atoms with Crippen molar-refractivity contribution in [1.29, 1.82) is 0 Å². The maximum atomic E-state index is 12.5. The van der Waals surface area contributed by atoms with E-state index >= 15 is 0 Å². The maximum absolute atomic E-state index is 12.5. The molecule has 0 aliphatic rings. The molecule has 342 valence electrons. The minimum Gasteiger partial charge on any atom is -0.507 e. The van der Waals surface area contributed by atoms with Crippen LogP contribution in [0.1, 0.15) is 128 Å². The first-order valence-electron chi connectivity index (χ1n) is 28.4. The van der Waals surface area contributed by atoms with Crippen molar-refractivity contribution < 1.29 is 18.8 Å². The highest BCUT2D eigenvalue weighted by molar-refractivity contribution is 5.98. The number of fused-ring (bicyclic) bond motifs is 1. The van der Waals surface area contributed by atoms with Crippen LogP contribution in [0.4, 0.5) is 0 Å². The number of phenols is 1. The first-order valence-corrected chi connectivity index (χ1v) is 23.4. The van der Waals surface area contributed by atoms with Crippen molar-refractivity contribution in [3.63, 3.8) is 0 Å². The Morgan fingerprint density at radius 1 is 0.559 bits per heavy atom. The molecular weight excluding hydrogens is 827 g/mol. The zero-order chi connectivity index (χ0) is 56.7. The molecule has 7 aromatic carbocycles. The number of nitrogens with zero attached hydrogens (tertiary/aromatic N) is 3. The summed E-state index contributed by atoms with van der Waals surface area (Å²) in [6.07, 6.45) is 1.54. The third kappa shape index (κ3) is 8.93. The molecule has 4 nitrogen and oxygen atoms in total. The number of rotatable bonds is 9. The molecule has 2 heterocycles. The fourth-order valence-electron chi connectivity index (χ4n) is 8.96. The summed E-state index contributed by atoms with van der Waals surface area (Å²) in [7, 11) is 0. The van der Waals surface area contributed by atoms with Crippen LogP contribution >= 0.6 is 0 Å². The van der Waals surface area contributed by atoms with Crippen molar-refractivity contribution in [3.8, 4) is 78.6 Å². The molecule has 0 saturated heterocycles. The van der Waals surface area contributed by atoms with E-state index in [0.717, 1.165) is 50.1 Å². The molecule has 0 fully saturated rings. The molecule has 2 aromatic heterocycles. The number of pyridine rings is 1. The zero-order valence-electron chi connectivity index (χ0n) is 50.6. The number of aromatic hydroxyl groups is 1. The molecule has 0 aliphatic heterocycles. The summed E-state index contributed by atoms with van der Waals surface area (Å²) in [4.78, 5) is 10.4. The van der Waals surface area contributed by atoms with Gasteiger partial charge < -0.3 is 5.11 Å². The monoisotopic (exact) mass is 902 g/mol. The Morgan fingerprint density at radius 3 is 1.93 bits per heavy atom. The molecule has 0 bridgehead atoms. The van der Waals surface area contributed by atoms with Crippen LogP contribution in [-0.4, -0.2) is 19.6 Å². The lowest BCUT2D eigenvalue weighted by Crippen LogP contribution is -2.11. The fourth-order valence-corrected chi connectivity index (χ4v) is 8.96. The molecule has 68 heavy (non-hydrogen) atoms. The second kappa shape index (κ2) is 17.9. The molecule has 1 N–H and O–H groups in total. The highest BCUT2D eigenvalue weighted by Crippen LogP contribution is 2.45. The standard InChI is InChI=1S/C64H65N3O/c1-39(2)47-35-53(40(3)4)61(68)56(36-47)62-66-60-52(48-32-49(34-51(33-48)64(10,11)12)57-37-46(29-30-65-57)43-23-21-41(5)22-24-43)19-16-20-58(60)67(62)59-31-42(6)54(38-55(59)44-17-14-13-15-18-44)45-25-27-50(28-26-45)63(7,8)9/h13-40,68H,1-12H3/i5D3,6D3,21D,22D,23D,24D. The van der Waals surface area contributed by atoms with Gasteiger partial charge in [-0.1, -0.05) is 178 Å². The quantitative estimate of drug-likeness (QED) is 0.157. The van der Waals surface area contributed by atoms with Crippen LogP contribution < -0.4 is 0 Å². The number of phenolic OH excluding ortho intramolecular Hbond substituents is 1. The largest absolute Gasteiger partial charge is 0.507 e. The number of hydrogen-bond donors (Lipinski definition) is 1. The Hall–Kier alpha value is -7.04. The van der Waals surface area contributed by atoms with Crippen molar-refractivity contribution in [1.82, 2.24) is 14.5 Å². The Kier molecular flexibility index (Phi) is 9.24. The topological polar surface area (TPSA) is 50.9 Å². The Labute approximate surface area is 418 Å². The first-order chi connectivity index (χ1) is 36.4. The third-order valence-electron chi connectivity index (χ3n) is 13.0. The van der Waals surface area contributed by atoms with E-state index in [9.17, 15) is 5.11 Å². The first kappa shape index (κ1) is 35.2. The van der Waals surface area contributed by atoms with Gasteiger partial charge in [-0.25, -0.2) is 4.98 Å². The van der Waals surface area contributed by atoms with Crippen LogP contribution in [0, 0.1) is 13.7 Å². The number of aromatic nitrogens is 3. The number of imidazole rings is 1. The van der Waals surface area contributed by atoms with Crippen molar-refractivity contribution in [2.24, 2.45) is 0 Å². The highest BCUT2D eigenvalue weighted by atomic mass is 16.3. The lowest BCUT2D eigenvalue weighted by Gasteiger charge is -2.22. The van der Waals surface area contributed by atoms with E-state index in [-0.39, 0.29) is 34.1 Å². The molecule has 0 unspecified atom stereocenters. The predicted octanol–water partition coefficient (Wildman–Crippen LogP) is 17.6. The van der Waals surface area contributed by atoms with E-state index in [4.69, 9.17) is 23.7 Å². The SMILES string of the molecule is [2H]c1c([2H])c(C([2H])([2H])[2H])c([2H])c([2H])c1-c1ccnc(-c2cc(-c3cccc4c3nc(-c3cc(C(C)C)cc(C(C)C)c3O)n4-c3cc(C([2H])([2H])[2H])c(-c4ccc(C(C)(C)C)cc4)cc3-c3ccccc3)cc(C(C)(C)C)c2)c1. The Balaban J connectivity index is 1.36. The van der Waals surface area contributed by atoms with Gasteiger partial charge in [-0.3, -0.25) is 9.55 Å². The van der Waals surface area contributed by atoms with Crippen molar-refractivity contribution in [2.45, 2.75) is 106 Å². The maximum Gasteiger partial charge on any atom is 0.149 e. The lowest BCUT2D eigenvalue weighted by molar-refractivity contribution is 0.466. The van der Waals surface area contributed by atoms with Crippen LogP contribution in [0.5, 0.6) is 5.75 Å². The second-order valence-corrected chi connectivity index (χ2v) is 20.6. The summed E-state index contributed by atoms with van der Waals surface area (Å²) in [5.41, 5.74) is 11.1. The van der Waals surface area contributed by atoms with E-state index in [0.29, 0.717) is 50.5 Å². The molecule has 0 saturated carbocycles. The van der Waals surface area contributed by atoms with Gasteiger partial charge in [-0.2, -0.15) is 0 Å². The van der Waals surface area contributed by atoms with Gasteiger partial charge in [-0.15, -0.1) is 0 Å². The van der Waals surface area contributed by atoms with E-state index in [1.807, 2.05) is 103 Å². The highest BCUT2D eigenvalue weighted by Gasteiger charge is 2.27. The van der Waals surface area contributed by atoms with Gasteiger partial charge in [0.05, 0.1) is 33.5 Å². The van der Waals surface area contributed by atoms with Gasteiger partial charge in [0.25, 0.3) is 0 Å². The van der Waals surface area contributed by atoms with E-state index < -0.39 is 48.9 Å². The minimum absolute atomic E-state index is 0.0369. The van der Waals surface area contributed by atoms with Crippen LogP contribution in [-0.2, 0) is 10.8 Å². The van der Waals surface area contributed by atoms with Crippen LogP contribution in [0.2, 0.25) is 0 Å². The second-order valence-electron chi connectivity index (χ2n) is 20.6. The molecular formula is C64H65N3O. The van der Waals surface area contributed by atoms with Crippen LogP contribution in [0.3, 0.4) is 0 Å².